The fraction of sp³-hybridized carbons (Fsp3) is 0.455. The number of rotatable bonds is 2. The molecule has 1 aliphatic rings. The SMILES string of the molecule is CNC1CCN(c2c(Cl)cc(Cl)cc2Cl)C1. The molecule has 1 aromatic carbocycles. The number of likely N-dealkylation sites (N-methyl/N-ethyl adjacent to an activating group) is 1. The van der Waals surface area contributed by atoms with Crippen LogP contribution in [0, 0.1) is 0 Å². The van der Waals surface area contributed by atoms with Crippen molar-refractivity contribution in [2.24, 2.45) is 0 Å². The number of anilines is 1. The fourth-order valence-electron chi connectivity index (χ4n) is 2.04. The Kier molecular flexibility index (Phi) is 3.85. The lowest BCUT2D eigenvalue weighted by atomic mass is 10.3. The van der Waals surface area contributed by atoms with E-state index in [2.05, 4.69) is 10.2 Å². The van der Waals surface area contributed by atoms with Crippen LogP contribution in [0.1, 0.15) is 6.42 Å². The summed E-state index contributed by atoms with van der Waals surface area (Å²) in [6.45, 7) is 1.89. The predicted octanol–water partition coefficient (Wildman–Crippen LogP) is 3.44. The highest BCUT2D eigenvalue weighted by atomic mass is 35.5. The van der Waals surface area contributed by atoms with Gasteiger partial charge in [-0.25, -0.2) is 0 Å². The first-order valence-corrected chi connectivity index (χ1v) is 6.32. The van der Waals surface area contributed by atoms with Gasteiger partial charge in [0.2, 0.25) is 0 Å². The molecule has 0 amide bonds. The van der Waals surface area contributed by atoms with Gasteiger partial charge in [0.15, 0.2) is 0 Å². The molecule has 0 radical (unpaired) electrons. The standard InChI is InChI=1S/C11H13Cl3N2/c1-15-8-2-3-16(6-8)11-9(13)4-7(12)5-10(11)14/h4-5,8,15H,2-3,6H2,1H3. The van der Waals surface area contributed by atoms with Crippen molar-refractivity contribution in [2.45, 2.75) is 12.5 Å². The molecule has 2 rings (SSSR count). The van der Waals surface area contributed by atoms with Crippen LogP contribution >= 0.6 is 34.8 Å². The zero-order chi connectivity index (χ0) is 11.7. The zero-order valence-corrected chi connectivity index (χ0v) is 11.2. The number of hydrogen-bond donors (Lipinski definition) is 1. The maximum atomic E-state index is 6.17. The Hall–Kier alpha value is -0.150. The van der Waals surface area contributed by atoms with Crippen LogP contribution in [0.5, 0.6) is 0 Å². The highest BCUT2D eigenvalue weighted by molar-refractivity contribution is 6.41. The summed E-state index contributed by atoms with van der Waals surface area (Å²) in [6.07, 6.45) is 1.10. The van der Waals surface area contributed by atoms with Crippen LogP contribution in [0.2, 0.25) is 15.1 Å². The summed E-state index contributed by atoms with van der Waals surface area (Å²) in [7, 11) is 1.97. The molecule has 1 atom stereocenters. The molecule has 1 fully saturated rings. The molecule has 1 heterocycles. The van der Waals surface area contributed by atoms with E-state index in [1.54, 1.807) is 12.1 Å². The molecule has 0 bridgehead atoms. The van der Waals surface area contributed by atoms with Gasteiger partial charge in [-0.05, 0) is 25.6 Å². The maximum absolute atomic E-state index is 6.17. The Balaban J connectivity index is 2.28. The first kappa shape index (κ1) is 12.3. The molecule has 0 spiro atoms. The second-order valence-corrected chi connectivity index (χ2v) is 5.19. The number of benzene rings is 1. The third kappa shape index (κ3) is 2.40. The summed E-state index contributed by atoms with van der Waals surface area (Å²) < 4.78 is 0. The average molecular weight is 280 g/mol. The van der Waals surface area contributed by atoms with Gasteiger partial charge in [0.25, 0.3) is 0 Å². The van der Waals surface area contributed by atoms with Crippen LogP contribution in [0.4, 0.5) is 5.69 Å². The Morgan fingerprint density at radius 3 is 2.38 bits per heavy atom. The second-order valence-electron chi connectivity index (χ2n) is 3.94. The molecule has 1 unspecified atom stereocenters. The lowest BCUT2D eigenvalue weighted by Gasteiger charge is -2.21. The molecular formula is C11H13Cl3N2. The van der Waals surface area contributed by atoms with Gasteiger partial charge in [0.05, 0.1) is 15.7 Å². The molecule has 16 heavy (non-hydrogen) atoms. The lowest BCUT2D eigenvalue weighted by Crippen LogP contribution is -2.29. The molecule has 0 aliphatic carbocycles. The van der Waals surface area contributed by atoms with Gasteiger partial charge < -0.3 is 10.2 Å². The number of nitrogens with one attached hydrogen (secondary N) is 1. The Morgan fingerprint density at radius 2 is 1.88 bits per heavy atom. The Labute approximate surface area is 110 Å². The van der Waals surface area contributed by atoms with Crippen LogP contribution < -0.4 is 10.2 Å². The third-order valence-corrected chi connectivity index (χ3v) is 3.69. The van der Waals surface area contributed by atoms with E-state index in [1.165, 1.54) is 0 Å². The molecule has 2 nitrogen and oxygen atoms in total. The molecule has 5 heteroatoms. The van der Waals surface area contributed by atoms with Crippen molar-refractivity contribution in [2.75, 3.05) is 25.0 Å². The summed E-state index contributed by atoms with van der Waals surface area (Å²) in [5.74, 6) is 0. The van der Waals surface area contributed by atoms with Crippen molar-refractivity contribution in [3.8, 4) is 0 Å². The fourth-order valence-corrected chi connectivity index (χ4v) is 3.09. The number of nitrogens with zero attached hydrogens (tertiary/aromatic N) is 1. The molecule has 88 valence electrons. The van der Waals surface area contributed by atoms with Gasteiger partial charge in [-0.15, -0.1) is 0 Å². The van der Waals surface area contributed by atoms with E-state index < -0.39 is 0 Å². The smallest absolute Gasteiger partial charge is 0.0746 e. The number of hydrogen-bond acceptors (Lipinski definition) is 2. The number of halogens is 3. The lowest BCUT2D eigenvalue weighted by molar-refractivity contribution is 0.617. The third-order valence-electron chi connectivity index (χ3n) is 2.89. The van der Waals surface area contributed by atoms with E-state index in [1.807, 2.05) is 7.05 Å². The summed E-state index contributed by atoms with van der Waals surface area (Å²) in [4.78, 5) is 2.20. The van der Waals surface area contributed by atoms with Crippen LogP contribution in [0.3, 0.4) is 0 Å². The van der Waals surface area contributed by atoms with Gasteiger partial charge in [0.1, 0.15) is 0 Å². The van der Waals surface area contributed by atoms with Crippen molar-refractivity contribution < 1.29 is 0 Å². The van der Waals surface area contributed by atoms with E-state index in [-0.39, 0.29) is 0 Å². The molecule has 0 saturated carbocycles. The highest BCUT2D eigenvalue weighted by Gasteiger charge is 2.24. The van der Waals surface area contributed by atoms with Crippen molar-refractivity contribution in [3.63, 3.8) is 0 Å². The Bertz CT molecular complexity index is 372. The summed E-state index contributed by atoms with van der Waals surface area (Å²) in [5, 5.41) is 5.07. The highest BCUT2D eigenvalue weighted by Crippen LogP contribution is 2.37. The molecule has 0 aromatic heterocycles. The summed E-state index contributed by atoms with van der Waals surface area (Å²) in [6, 6.07) is 3.97. The van der Waals surface area contributed by atoms with E-state index >= 15 is 0 Å². The largest absolute Gasteiger partial charge is 0.367 e. The van der Waals surface area contributed by atoms with Gasteiger partial charge >= 0.3 is 0 Å². The van der Waals surface area contributed by atoms with Crippen LogP contribution in [-0.2, 0) is 0 Å². The molecular weight excluding hydrogens is 266 g/mol. The zero-order valence-electron chi connectivity index (χ0n) is 8.93. The van der Waals surface area contributed by atoms with Crippen LogP contribution in [0.25, 0.3) is 0 Å². The summed E-state index contributed by atoms with van der Waals surface area (Å²) in [5.41, 5.74) is 0.894. The Morgan fingerprint density at radius 1 is 1.25 bits per heavy atom. The van der Waals surface area contributed by atoms with Crippen molar-refractivity contribution in [1.29, 1.82) is 0 Å². The van der Waals surface area contributed by atoms with E-state index in [0.29, 0.717) is 21.1 Å². The maximum Gasteiger partial charge on any atom is 0.0746 e. The minimum Gasteiger partial charge on any atom is -0.367 e. The first-order valence-electron chi connectivity index (χ1n) is 5.18. The van der Waals surface area contributed by atoms with Crippen molar-refractivity contribution in [1.82, 2.24) is 5.32 Å². The van der Waals surface area contributed by atoms with Gasteiger partial charge in [-0.1, -0.05) is 34.8 Å². The van der Waals surface area contributed by atoms with Gasteiger partial charge in [0, 0.05) is 24.2 Å². The van der Waals surface area contributed by atoms with E-state index in [9.17, 15) is 0 Å². The molecule has 1 saturated heterocycles. The minimum atomic E-state index is 0.503. The van der Waals surface area contributed by atoms with Crippen LogP contribution in [-0.4, -0.2) is 26.2 Å². The monoisotopic (exact) mass is 278 g/mol. The van der Waals surface area contributed by atoms with E-state index in [0.717, 1.165) is 25.2 Å². The van der Waals surface area contributed by atoms with E-state index in [4.69, 9.17) is 34.8 Å². The van der Waals surface area contributed by atoms with Crippen molar-refractivity contribution in [3.05, 3.63) is 27.2 Å². The minimum absolute atomic E-state index is 0.503. The molecule has 1 aliphatic heterocycles. The first-order chi connectivity index (χ1) is 7.61. The quantitative estimate of drug-likeness (QED) is 0.892. The van der Waals surface area contributed by atoms with Crippen molar-refractivity contribution >= 4 is 40.5 Å². The van der Waals surface area contributed by atoms with Gasteiger partial charge in [-0.2, -0.15) is 0 Å². The molecule has 1 aromatic rings. The average Bonchev–Trinajstić information content (AvgIpc) is 2.64. The molecule has 1 N–H and O–H groups in total. The predicted molar refractivity (Wildman–Crippen MR) is 71.1 cm³/mol. The van der Waals surface area contributed by atoms with Crippen LogP contribution in [0.15, 0.2) is 12.1 Å². The topological polar surface area (TPSA) is 15.3 Å². The van der Waals surface area contributed by atoms with Gasteiger partial charge in [-0.3, -0.25) is 0 Å². The second kappa shape index (κ2) is 5.01. The normalized spacial score (nSPS) is 20.5. The summed E-state index contributed by atoms with van der Waals surface area (Å²) >= 11 is 18.2.